The van der Waals surface area contributed by atoms with E-state index in [2.05, 4.69) is 36.4 Å². The summed E-state index contributed by atoms with van der Waals surface area (Å²) in [7, 11) is -3.43. The largest absolute Gasteiger partial charge is 0.243 e. The molecule has 5 heteroatoms. The minimum Gasteiger partial charge on any atom is -0.207 e. The van der Waals surface area contributed by atoms with Crippen molar-refractivity contribution in [1.29, 1.82) is 0 Å². The van der Waals surface area contributed by atoms with Crippen LogP contribution in [0.15, 0.2) is 29.2 Å². The Morgan fingerprint density at radius 2 is 1.68 bits per heavy atom. The monoisotopic (exact) mass is 477 g/mol. The third-order valence-corrected chi connectivity index (χ3v) is 8.52. The van der Waals surface area contributed by atoms with Crippen molar-refractivity contribution in [2.45, 2.75) is 93.0 Å². The topological polar surface area (TPSA) is 37.4 Å². The van der Waals surface area contributed by atoms with Crippen molar-refractivity contribution in [2.75, 3.05) is 0 Å². The zero-order chi connectivity index (χ0) is 18.4. The summed E-state index contributed by atoms with van der Waals surface area (Å²) in [6.07, 6.45) is 8.61. The van der Waals surface area contributed by atoms with Gasteiger partial charge in [0.05, 0.1) is 4.90 Å². The molecule has 25 heavy (non-hydrogen) atoms. The normalized spacial score (nSPS) is 24.7. The number of unbranched alkanes of at least 4 members (excludes halogenated alkanes) is 3. The number of aryl methyl sites for hydroxylation is 1. The standard InChI is InChI=1S/C20H32INO2S/c1-4-6-8-10-20-19(21)15-17(9-7-5-2)22(20)25(23,24)18-13-11-16(3)12-14-18/h11-14,17,19-20H,4-10,15H2,1-3H3/t17-,19+,20-/m1/s1. The Kier molecular flexibility index (Phi) is 8.21. The van der Waals surface area contributed by atoms with E-state index in [0.29, 0.717) is 8.82 Å². The summed E-state index contributed by atoms with van der Waals surface area (Å²) in [5.41, 5.74) is 1.09. The van der Waals surface area contributed by atoms with Crippen LogP contribution in [-0.2, 0) is 10.0 Å². The molecule has 142 valence electrons. The fraction of sp³-hybridized carbons (Fsp3) is 0.700. The highest BCUT2D eigenvalue weighted by molar-refractivity contribution is 14.1. The summed E-state index contributed by atoms with van der Waals surface area (Å²) in [6.45, 7) is 6.36. The second-order valence-electron chi connectivity index (χ2n) is 7.26. The van der Waals surface area contributed by atoms with Crippen LogP contribution in [0.5, 0.6) is 0 Å². The molecule has 0 aromatic heterocycles. The van der Waals surface area contributed by atoms with Crippen LogP contribution < -0.4 is 0 Å². The molecule has 0 amide bonds. The molecule has 0 aliphatic carbocycles. The zero-order valence-electron chi connectivity index (χ0n) is 15.7. The second kappa shape index (κ2) is 9.70. The summed E-state index contributed by atoms with van der Waals surface area (Å²) in [5, 5.41) is 0. The average Bonchev–Trinajstić information content (AvgIpc) is 2.90. The Labute approximate surface area is 167 Å². The first-order chi connectivity index (χ1) is 11.9. The average molecular weight is 477 g/mol. The molecule has 1 aromatic rings. The lowest BCUT2D eigenvalue weighted by Gasteiger charge is -2.30. The molecule has 0 unspecified atom stereocenters. The minimum absolute atomic E-state index is 0.139. The van der Waals surface area contributed by atoms with E-state index in [1.165, 1.54) is 12.8 Å². The first-order valence-electron chi connectivity index (χ1n) is 9.66. The molecular weight excluding hydrogens is 445 g/mol. The number of sulfonamides is 1. The maximum absolute atomic E-state index is 13.4. The van der Waals surface area contributed by atoms with Crippen LogP contribution in [-0.4, -0.2) is 28.7 Å². The Morgan fingerprint density at radius 1 is 1.04 bits per heavy atom. The number of benzene rings is 1. The number of hydrogen-bond acceptors (Lipinski definition) is 2. The lowest BCUT2D eigenvalue weighted by Crippen LogP contribution is -2.42. The van der Waals surface area contributed by atoms with Gasteiger partial charge in [-0.05, 0) is 38.3 Å². The zero-order valence-corrected chi connectivity index (χ0v) is 18.7. The van der Waals surface area contributed by atoms with E-state index in [4.69, 9.17) is 0 Å². The summed E-state index contributed by atoms with van der Waals surface area (Å²) in [6, 6.07) is 7.63. The van der Waals surface area contributed by atoms with Crippen LogP contribution in [0, 0.1) is 6.92 Å². The van der Waals surface area contributed by atoms with Gasteiger partial charge in [-0.15, -0.1) is 0 Å². The van der Waals surface area contributed by atoms with Gasteiger partial charge in [-0.25, -0.2) is 8.42 Å². The predicted octanol–water partition coefficient (Wildman–Crippen LogP) is 5.70. The molecule has 2 rings (SSSR count). The molecule has 3 nitrogen and oxygen atoms in total. The molecule has 1 aliphatic rings. The lowest BCUT2D eigenvalue weighted by atomic mass is 10.1. The molecule has 0 spiro atoms. The Hall–Kier alpha value is -0.140. The fourth-order valence-corrected chi connectivity index (χ4v) is 7.18. The van der Waals surface area contributed by atoms with Crippen molar-refractivity contribution >= 4 is 32.6 Å². The Balaban J connectivity index is 2.31. The number of nitrogens with zero attached hydrogens (tertiary/aromatic N) is 1. The van der Waals surface area contributed by atoms with Gasteiger partial charge in [0.15, 0.2) is 0 Å². The van der Waals surface area contributed by atoms with Gasteiger partial charge in [0.2, 0.25) is 10.0 Å². The molecule has 1 heterocycles. The molecule has 0 radical (unpaired) electrons. The predicted molar refractivity (Wildman–Crippen MR) is 114 cm³/mol. The van der Waals surface area contributed by atoms with Crippen LogP contribution in [0.2, 0.25) is 0 Å². The van der Waals surface area contributed by atoms with Crippen molar-refractivity contribution in [1.82, 2.24) is 4.31 Å². The van der Waals surface area contributed by atoms with Gasteiger partial charge in [-0.3, -0.25) is 0 Å². The quantitative estimate of drug-likeness (QED) is 0.260. The third-order valence-electron chi connectivity index (χ3n) is 5.19. The van der Waals surface area contributed by atoms with Crippen molar-refractivity contribution in [3.63, 3.8) is 0 Å². The molecule has 1 aliphatic heterocycles. The van der Waals surface area contributed by atoms with Crippen LogP contribution >= 0.6 is 22.6 Å². The summed E-state index contributed by atoms with van der Waals surface area (Å²) in [4.78, 5) is 0.450. The van der Waals surface area contributed by atoms with E-state index >= 15 is 0 Å². The molecule has 0 saturated carbocycles. The number of alkyl halides is 1. The number of halogens is 1. The molecule has 0 bridgehead atoms. The summed E-state index contributed by atoms with van der Waals surface area (Å²) in [5.74, 6) is 0. The fourth-order valence-electron chi connectivity index (χ4n) is 3.75. The smallest absolute Gasteiger partial charge is 0.207 e. The van der Waals surface area contributed by atoms with Crippen molar-refractivity contribution in [2.24, 2.45) is 0 Å². The van der Waals surface area contributed by atoms with Gasteiger partial charge < -0.3 is 0 Å². The molecule has 1 aromatic carbocycles. The Bertz CT molecular complexity index is 630. The highest BCUT2D eigenvalue weighted by Crippen LogP contribution is 2.39. The molecule has 1 fully saturated rings. The van der Waals surface area contributed by atoms with Gasteiger partial charge in [0.25, 0.3) is 0 Å². The van der Waals surface area contributed by atoms with Gasteiger partial charge in [-0.2, -0.15) is 4.31 Å². The van der Waals surface area contributed by atoms with Crippen molar-refractivity contribution in [3.05, 3.63) is 29.8 Å². The maximum atomic E-state index is 13.4. The molecule has 3 atom stereocenters. The summed E-state index contributed by atoms with van der Waals surface area (Å²) >= 11 is 2.49. The van der Waals surface area contributed by atoms with Gasteiger partial charge in [0, 0.05) is 16.0 Å². The Morgan fingerprint density at radius 3 is 2.28 bits per heavy atom. The van der Waals surface area contributed by atoms with Gasteiger partial charge in [0.1, 0.15) is 0 Å². The van der Waals surface area contributed by atoms with E-state index in [0.717, 1.165) is 44.1 Å². The lowest BCUT2D eigenvalue weighted by molar-refractivity contribution is 0.292. The van der Waals surface area contributed by atoms with Crippen LogP contribution in [0.4, 0.5) is 0 Å². The summed E-state index contributed by atoms with van der Waals surface area (Å²) < 4.78 is 29.2. The minimum atomic E-state index is -3.43. The van der Waals surface area contributed by atoms with E-state index < -0.39 is 10.0 Å². The number of rotatable bonds is 9. The first kappa shape index (κ1) is 21.2. The third kappa shape index (κ3) is 5.19. The van der Waals surface area contributed by atoms with E-state index in [1.807, 2.05) is 23.4 Å². The highest BCUT2D eigenvalue weighted by Gasteiger charge is 2.45. The first-order valence-corrected chi connectivity index (χ1v) is 12.3. The van der Waals surface area contributed by atoms with E-state index in [-0.39, 0.29) is 12.1 Å². The molecule has 1 saturated heterocycles. The molecule has 0 N–H and O–H groups in total. The maximum Gasteiger partial charge on any atom is 0.243 e. The second-order valence-corrected chi connectivity index (χ2v) is 10.7. The van der Waals surface area contributed by atoms with Gasteiger partial charge >= 0.3 is 0 Å². The highest BCUT2D eigenvalue weighted by atomic mass is 127. The van der Waals surface area contributed by atoms with Gasteiger partial charge in [-0.1, -0.05) is 86.2 Å². The van der Waals surface area contributed by atoms with Crippen LogP contribution in [0.1, 0.15) is 70.8 Å². The molecular formula is C20H32INO2S. The van der Waals surface area contributed by atoms with Crippen molar-refractivity contribution in [3.8, 4) is 0 Å². The van der Waals surface area contributed by atoms with E-state index in [9.17, 15) is 8.42 Å². The van der Waals surface area contributed by atoms with E-state index in [1.54, 1.807) is 12.1 Å². The van der Waals surface area contributed by atoms with Crippen LogP contribution in [0.25, 0.3) is 0 Å². The SMILES string of the molecule is CCCCC[C@@H]1[C@@H](I)C[C@@H](CCCC)N1S(=O)(=O)c1ccc(C)cc1. The van der Waals surface area contributed by atoms with Crippen LogP contribution in [0.3, 0.4) is 0 Å². The number of hydrogen-bond donors (Lipinski definition) is 0. The van der Waals surface area contributed by atoms with Crippen molar-refractivity contribution < 1.29 is 8.42 Å².